The third-order valence-electron chi connectivity index (χ3n) is 6.61. The molecule has 2 amide bonds. The number of nitrogens with two attached hydrogens (primary N) is 1. The van der Waals surface area contributed by atoms with Gasteiger partial charge < -0.3 is 15.8 Å². The zero-order valence-electron chi connectivity index (χ0n) is 20.9. The highest BCUT2D eigenvalue weighted by Gasteiger charge is 2.38. The van der Waals surface area contributed by atoms with Gasteiger partial charge in [0.25, 0.3) is 5.91 Å². The Labute approximate surface area is 206 Å². The molecule has 3 N–H and O–H groups in total. The Balaban J connectivity index is 1.79. The SMILES string of the molecule is COCCCC(NC(=O)c1cc(F)cc(CN2C(=O)CC(C)(C(C)C)N=C2N)c1)c1ccccc1. The van der Waals surface area contributed by atoms with E-state index in [2.05, 4.69) is 10.3 Å². The highest BCUT2D eigenvalue weighted by atomic mass is 19.1. The van der Waals surface area contributed by atoms with E-state index in [1.54, 1.807) is 13.2 Å². The van der Waals surface area contributed by atoms with Crippen LogP contribution in [0.5, 0.6) is 0 Å². The van der Waals surface area contributed by atoms with Gasteiger partial charge in [0.1, 0.15) is 5.82 Å². The molecule has 2 aromatic carbocycles. The fourth-order valence-corrected chi connectivity index (χ4v) is 4.13. The van der Waals surface area contributed by atoms with Crippen molar-refractivity contribution >= 4 is 17.8 Å². The third kappa shape index (κ3) is 6.66. The van der Waals surface area contributed by atoms with Crippen molar-refractivity contribution in [1.29, 1.82) is 0 Å². The maximum atomic E-state index is 14.5. The number of methoxy groups -OCH3 is 1. The van der Waals surface area contributed by atoms with Crippen molar-refractivity contribution in [3.8, 4) is 0 Å². The topological polar surface area (TPSA) is 97.0 Å². The molecule has 2 unspecified atom stereocenters. The smallest absolute Gasteiger partial charge is 0.251 e. The molecule has 7 nitrogen and oxygen atoms in total. The Bertz CT molecular complexity index is 1070. The minimum Gasteiger partial charge on any atom is -0.385 e. The zero-order valence-corrected chi connectivity index (χ0v) is 20.9. The van der Waals surface area contributed by atoms with Crippen molar-refractivity contribution in [1.82, 2.24) is 10.2 Å². The lowest BCUT2D eigenvalue weighted by atomic mass is 9.84. The average molecular weight is 483 g/mol. The van der Waals surface area contributed by atoms with Gasteiger partial charge in [0.15, 0.2) is 5.96 Å². The number of nitrogens with one attached hydrogen (secondary N) is 1. The van der Waals surface area contributed by atoms with E-state index in [4.69, 9.17) is 10.5 Å². The van der Waals surface area contributed by atoms with E-state index >= 15 is 0 Å². The molecule has 0 saturated heterocycles. The molecular weight excluding hydrogens is 447 g/mol. The van der Waals surface area contributed by atoms with Crippen molar-refractivity contribution in [3.63, 3.8) is 0 Å². The van der Waals surface area contributed by atoms with Crippen LogP contribution in [-0.2, 0) is 16.1 Å². The van der Waals surface area contributed by atoms with E-state index in [0.29, 0.717) is 18.6 Å². The normalized spacial score (nSPS) is 19.0. The molecule has 35 heavy (non-hydrogen) atoms. The van der Waals surface area contributed by atoms with Crippen molar-refractivity contribution < 1.29 is 18.7 Å². The van der Waals surface area contributed by atoms with E-state index < -0.39 is 17.3 Å². The minimum atomic E-state index is -0.570. The molecule has 1 heterocycles. The van der Waals surface area contributed by atoms with E-state index in [9.17, 15) is 14.0 Å². The lowest BCUT2D eigenvalue weighted by Gasteiger charge is -2.37. The summed E-state index contributed by atoms with van der Waals surface area (Å²) in [7, 11) is 1.64. The molecular formula is C27H35FN4O3. The summed E-state index contributed by atoms with van der Waals surface area (Å²) >= 11 is 0. The predicted octanol–water partition coefficient (Wildman–Crippen LogP) is 4.19. The van der Waals surface area contributed by atoms with Gasteiger partial charge in [0, 0.05) is 19.3 Å². The van der Waals surface area contributed by atoms with Crippen LogP contribution in [-0.4, -0.2) is 41.9 Å². The fraction of sp³-hybridized carbons (Fsp3) is 0.444. The second-order valence-corrected chi connectivity index (χ2v) is 9.56. The molecule has 0 aliphatic carbocycles. The lowest BCUT2D eigenvalue weighted by Crippen LogP contribution is -2.51. The first-order valence-corrected chi connectivity index (χ1v) is 11.9. The summed E-state index contributed by atoms with van der Waals surface area (Å²) in [6.45, 7) is 6.51. The first-order chi connectivity index (χ1) is 16.6. The van der Waals surface area contributed by atoms with Crippen LogP contribution in [0.3, 0.4) is 0 Å². The van der Waals surface area contributed by atoms with Crippen molar-refractivity contribution in [2.75, 3.05) is 13.7 Å². The number of aliphatic imine (C=N–C) groups is 1. The molecule has 188 valence electrons. The summed E-state index contributed by atoms with van der Waals surface area (Å²) in [4.78, 5) is 31.8. The summed E-state index contributed by atoms with van der Waals surface area (Å²) < 4.78 is 19.7. The summed E-state index contributed by atoms with van der Waals surface area (Å²) in [6.07, 6.45) is 1.65. The average Bonchev–Trinajstić information content (AvgIpc) is 2.81. The standard InChI is InChI=1S/C27H35FN4O3/c1-18(2)27(3)16-24(33)32(26(29)31-27)17-19-13-21(15-22(28)14-19)25(34)30-23(11-8-12-35-4)20-9-6-5-7-10-20/h5-7,9-10,13-15,18,23H,8,11-12,16-17H2,1-4H3,(H2,29,31)(H,30,34). The van der Waals surface area contributed by atoms with Gasteiger partial charge in [-0.2, -0.15) is 0 Å². The zero-order chi connectivity index (χ0) is 25.6. The van der Waals surface area contributed by atoms with Gasteiger partial charge in [-0.3, -0.25) is 14.5 Å². The van der Waals surface area contributed by atoms with Crippen LogP contribution in [0.15, 0.2) is 53.5 Å². The van der Waals surface area contributed by atoms with Crippen LogP contribution in [0.25, 0.3) is 0 Å². The number of amides is 2. The monoisotopic (exact) mass is 482 g/mol. The number of rotatable bonds is 10. The second kappa shape index (κ2) is 11.4. The highest BCUT2D eigenvalue weighted by Crippen LogP contribution is 2.30. The first-order valence-electron chi connectivity index (χ1n) is 11.9. The summed E-state index contributed by atoms with van der Waals surface area (Å²) in [5.41, 5.74) is 7.16. The summed E-state index contributed by atoms with van der Waals surface area (Å²) in [6, 6.07) is 13.5. The Kier molecular flexibility index (Phi) is 8.62. The van der Waals surface area contributed by atoms with Crippen LogP contribution < -0.4 is 11.1 Å². The molecule has 1 aliphatic rings. The Morgan fingerprint density at radius 1 is 1.26 bits per heavy atom. The van der Waals surface area contributed by atoms with Gasteiger partial charge >= 0.3 is 0 Å². The molecule has 0 spiro atoms. The highest BCUT2D eigenvalue weighted by molar-refractivity contribution is 5.99. The number of carbonyl (C=O) groups is 2. The van der Waals surface area contributed by atoms with Gasteiger partial charge in [-0.25, -0.2) is 9.38 Å². The van der Waals surface area contributed by atoms with E-state index in [0.717, 1.165) is 12.0 Å². The minimum absolute atomic E-state index is 0.0380. The molecule has 8 heteroatoms. The molecule has 2 atom stereocenters. The number of hydrogen-bond donors (Lipinski definition) is 2. The largest absolute Gasteiger partial charge is 0.385 e. The van der Waals surface area contributed by atoms with Crippen LogP contribution in [0, 0.1) is 11.7 Å². The number of ether oxygens (including phenoxy) is 1. The van der Waals surface area contributed by atoms with Gasteiger partial charge in [0.2, 0.25) is 5.91 Å². The lowest BCUT2D eigenvalue weighted by molar-refractivity contribution is -0.130. The maximum Gasteiger partial charge on any atom is 0.251 e. The van der Waals surface area contributed by atoms with E-state index in [1.165, 1.54) is 17.0 Å². The molecule has 0 saturated carbocycles. The van der Waals surface area contributed by atoms with Gasteiger partial charge in [-0.05, 0) is 55.0 Å². The van der Waals surface area contributed by atoms with Crippen LogP contribution in [0.2, 0.25) is 0 Å². The molecule has 0 fully saturated rings. The Morgan fingerprint density at radius 3 is 2.60 bits per heavy atom. The number of hydrogen-bond acceptors (Lipinski definition) is 5. The van der Waals surface area contributed by atoms with Crippen LogP contribution >= 0.6 is 0 Å². The number of nitrogens with zero attached hydrogens (tertiary/aromatic N) is 2. The van der Waals surface area contributed by atoms with Gasteiger partial charge in [-0.15, -0.1) is 0 Å². The number of benzene rings is 2. The quantitative estimate of drug-likeness (QED) is 0.497. The molecule has 1 aliphatic heterocycles. The van der Waals surface area contributed by atoms with Crippen LogP contribution in [0.4, 0.5) is 4.39 Å². The Hall–Kier alpha value is -3.26. The Morgan fingerprint density at radius 2 is 1.97 bits per heavy atom. The molecule has 0 aromatic heterocycles. The fourth-order valence-electron chi connectivity index (χ4n) is 4.13. The third-order valence-corrected chi connectivity index (χ3v) is 6.61. The van der Waals surface area contributed by atoms with Gasteiger partial charge in [-0.1, -0.05) is 44.2 Å². The predicted molar refractivity (Wildman–Crippen MR) is 134 cm³/mol. The summed E-state index contributed by atoms with van der Waals surface area (Å²) in [5.74, 6) is -0.884. The number of halogens is 1. The first kappa shape index (κ1) is 26.3. The van der Waals surface area contributed by atoms with Crippen molar-refractivity contribution in [2.45, 2.75) is 58.2 Å². The molecule has 2 aromatic rings. The molecule has 0 radical (unpaired) electrons. The van der Waals surface area contributed by atoms with Gasteiger partial charge in [0.05, 0.1) is 24.5 Å². The maximum absolute atomic E-state index is 14.5. The second-order valence-electron chi connectivity index (χ2n) is 9.56. The van der Waals surface area contributed by atoms with E-state index in [-0.39, 0.29) is 42.4 Å². The van der Waals surface area contributed by atoms with Crippen molar-refractivity contribution in [2.24, 2.45) is 16.6 Å². The number of guanidine groups is 1. The van der Waals surface area contributed by atoms with E-state index in [1.807, 2.05) is 51.1 Å². The van der Waals surface area contributed by atoms with Crippen LogP contribution in [0.1, 0.15) is 67.6 Å². The summed E-state index contributed by atoms with van der Waals surface area (Å²) in [5, 5.41) is 3.02. The molecule has 0 bridgehead atoms. The van der Waals surface area contributed by atoms with Crippen molar-refractivity contribution in [3.05, 3.63) is 71.0 Å². The molecule has 3 rings (SSSR count). The number of carbonyl (C=O) groups excluding carboxylic acids is 2.